The van der Waals surface area contributed by atoms with Crippen molar-refractivity contribution in [3.8, 4) is 0 Å². The molecule has 1 aromatic carbocycles. The molecule has 4 heterocycles. The Hall–Kier alpha value is -2.66. The van der Waals surface area contributed by atoms with Crippen LogP contribution in [-0.2, 0) is 19.5 Å². The molecular weight excluding hydrogens is 352 g/mol. The minimum absolute atomic E-state index is 0.111. The molecule has 0 N–H and O–H groups in total. The van der Waals surface area contributed by atoms with Crippen LogP contribution in [0.1, 0.15) is 36.1 Å². The number of pyridine rings is 1. The predicted molar refractivity (Wildman–Crippen MR) is 109 cm³/mol. The zero-order valence-electron chi connectivity index (χ0n) is 16.1. The van der Waals surface area contributed by atoms with Crippen molar-refractivity contribution in [3.63, 3.8) is 0 Å². The average molecular weight is 376 g/mol. The summed E-state index contributed by atoms with van der Waals surface area (Å²) >= 11 is 0. The summed E-state index contributed by atoms with van der Waals surface area (Å²) in [5.41, 5.74) is 3.91. The zero-order valence-corrected chi connectivity index (χ0v) is 16.1. The molecule has 2 aliphatic heterocycles. The lowest BCUT2D eigenvalue weighted by molar-refractivity contribution is 0.114. The number of rotatable bonds is 3. The quantitative estimate of drug-likeness (QED) is 0.659. The summed E-state index contributed by atoms with van der Waals surface area (Å²) in [6.45, 7) is 5.52. The third-order valence-corrected chi connectivity index (χ3v) is 6.25. The number of hydrogen-bond donors (Lipinski definition) is 0. The molecule has 28 heavy (non-hydrogen) atoms. The molecule has 1 fully saturated rings. The average Bonchev–Trinajstić information content (AvgIpc) is 2.68. The van der Waals surface area contributed by atoms with Gasteiger partial charge in [-0.05, 0) is 48.1 Å². The number of likely N-dealkylation sites (tertiary alicyclic amines) is 1. The number of aromatic nitrogens is 1. The van der Waals surface area contributed by atoms with Crippen molar-refractivity contribution in [2.75, 3.05) is 13.1 Å². The minimum atomic E-state index is -0.291. The van der Waals surface area contributed by atoms with Crippen molar-refractivity contribution in [2.45, 2.75) is 38.8 Å². The molecule has 3 aromatic rings. The van der Waals surface area contributed by atoms with Crippen LogP contribution in [0.25, 0.3) is 11.0 Å². The highest BCUT2D eigenvalue weighted by Gasteiger charge is 2.34. The largest absolute Gasteiger partial charge is 0.423 e. The van der Waals surface area contributed by atoms with Gasteiger partial charge in [-0.15, -0.1) is 0 Å². The molecule has 144 valence electrons. The molecule has 0 unspecified atom stereocenters. The fraction of sp³-hybridized carbons (Fsp3) is 0.391. The first-order valence-corrected chi connectivity index (χ1v) is 10.1. The van der Waals surface area contributed by atoms with Gasteiger partial charge >= 0.3 is 5.63 Å². The molecule has 0 amide bonds. The third kappa shape index (κ3) is 3.00. The Kier molecular flexibility index (Phi) is 4.20. The van der Waals surface area contributed by atoms with Gasteiger partial charge in [-0.3, -0.25) is 9.69 Å². The van der Waals surface area contributed by atoms with Crippen LogP contribution in [0.15, 0.2) is 56.5 Å². The molecule has 2 aliphatic rings. The van der Waals surface area contributed by atoms with Crippen LogP contribution in [-0.4, -0.2) is 22.6 Å². The third-order valence-electron chi connectivity index (χ3n) is 6.25. The first-order chi connectivity index (χ1) is 13.6. The normalized spacial score (nSPS) is 21.6. The molecule has 0 radical (unpaired) electrons. The lowest BCUT2D eigenvalue weighted by Crippen LogP contribution is -2.46. The van der Waals surface area contributed by atoms with Crippen LogP contribution in [0.3, 0.4) is 0 Å². The molecule has 2 bridgehead atoms. The molecule has 2 aromatic heterocycles. The van der Waals surface area contributed by atoms with Crippen molar-refractivity contribution in [1.82, 2.24) is 9.47 Å². The van der Waals surface area contributed by atoms with Crippen molar-refractivity contribution in [3.05, 3.63) is 80.1 Å². The number of hydrogen-bond acceptors (Lipinski definition) is 4. The molecule has 0 aliphatic carbocycles. The summed E-state index contributed by atoms with van der Waals surface area (Å²) < 4.78 is 7.37. The Bertz CT molecular complexity index is 1160. The summed E-state index contributed by atoms with van der Waals surface area (Å²) in [7, 11) is 0. The van der Waals surface area contributed by atoms with E-state index in [0.717, 1.165) is 55.7 Å². The van der Waals surface area contributed by atoms with E-state index >= 15 is 0 Å². The molecule has 5 nitrogen and oxygen atoms in total. The van der Waals surface area contributed by atoms with Crippen molar-refractivity contribution in [2.24, 2.45) is 5.92 Å². The second-order valence-electron chi connectivity index (χ2n) is 8.17. The van der Waals surface area contributed by atoms with Gasteiger partial charge in [0.1, 0.15) is 5.58 Å². The summed E-state index contributed by atoms with van der Waals surface area (Å²) in [6.07, 6.45) is 2.09. The maximum absolute atomic E-state index is 12.2. The van der Waals surface area contributed by atoms with E-state index in [2.05, 4.69) is 24.0 Å². The zero-order chi connectivity index (χ0) is 19.3. The molecule has 5 heteroatoms. The van der Waals surface area contributed by atoms with Gasteiger partial charge in [-0.1, -0.05) is 19.1 Å². The van der Waals surface area contributed by atoms with E-state index in [4.69, 9.17) is 4.42 Å². The van der Waals surface area contributed by atoms with Gasteiger partial charge in [0.25, 0.3) is 5.56 Å². The van der Waals surface area contributed by atoms with E-state index in [9.17, 15) is 9.59 Å². The molecule has 5 rings (SSSR count). The van der Waals surface area contributed by atoms with Crippen molar-refractivity contribution >= 4 is 11.0 Å². The highest BCUT2D eigenvalue weighted by Crippen LogP contribution is 2.35. The summed E-state index contributed by atoms with van der Waals surface area (Å²) in [4.78, 5) is 26.7. The lowest BCUT2D eigenvalue weighted by atomic mass is 9.83. The van der Waals surface area contributed by atoms with E-state index in [1.165, 1.54) is 5.56 Å². The Morgan fingerprint density at radius 1 is 1.07 bits per heavy atom. The van der Waals surface area contributed by atoms with Gasteiger partial charge in [-0.25, -0.2) is 4.79 Å². The SMILES string of the molecule is CCc1ccc2oc(=O)cc(CN3C[C@@H]4C[C@H](C3)c3cccc(=O)n3C4)c2c1. The molecular formula is C23H24N2O3. The predicted octanol–water partition coefficient (Wildman–Crippen LogP) is 3.14. The van der Waals surface area contributed by atoms with Gasteiger partial charge in [-0.2, -0.15) is 0 Å². The number of aryl methyl sites for hydroxylation is 1. The monoisotopic (exact) mass is 376 g/mol. The highest BCUT2D eigenvalue weighted by atomic mass is 16.4. The second-order valence-corrected chi connectivity index (χ2v) is 8.17. The van der Waals surface area contributed by atoms with E-state index < -0.39 is 0 Å². The van der Waals surface area contributed by atoms with Gasteiger partial charge in [0.2, 0.25) is 0 Å². The lowest BCUT2D eigenvalue weighted by Gasteiger charge is -2.42. The highest BCUT2D eigenvalue weighted by molar-refractivity contribution is 5.80. The smallest absolute Gasteiger partial charge is 0.336 e. The first kappa shape index (κ1) is 17.4. The van der Waals surface area contributed by atoms with Gasteiger partial charge in [0, 0.05) is 55.3 Å². The van der Waals surface area contributed by atoms with Crippen LogP contribution in [0.5, 0.6) is 0 Å². The molecule has 2 atom stereocenters. The first-order valence-electron chi connectivity index (χ1n) is 10.1. The van der Waals surface area contributed by atoms with E-state index in [1.807, 2.05) is 22.8 Å². The van der Waals surface area contributed by atoms with Crippen LogP contribution in [0.4, 0.5) is 0 Å². The fourth-order valence-electron chi connectivity index (χ4n) is 4.99. The molecule has 0 saturated carbocycles. The Labute approximate surface area is 163 Å². The van der Waals surface area contributed by atoms with Crippen LogP contribution < -0.4 is 11.2 Å². The Morgan fingerprint density at radius 3 is 2.82 bits per heavy atom. The Balaban J connectivity index is 1.48. The van der Waals surface area contributed by atoms with Gasteiger partial charge in [0.15, 0.2) is 0 Å². The van der Waals surface area contributed by atoms with E-state index in [1.54, 1.807) is 12.1 Å². The Morgan fingerprint density at radius 2 is 1.96 bits per heavy atom. The standard InChI is InChI=1S/C23H24N2O3/c1-2-15-6-7-21-19(9-15)17(10-23(27)28-21)13-24-11-16-8-18(14-24)20-4-3-5-22(26)25(20)12-16/h3-7,9-10,16,18H,2,8,11-14H2,1H3/t16-,18+/m0/s1. The number of benzene rings is 1. The minimum Gasteiger partial charge on any atom is -0.423 e. The van der Waals surface area contributed by atoms with E-state index in [0.29, 0.717) is 17.4 Å². The molecule has 0 spiro atoms. The maximum Gasteiger partial charge on any atom is 0.336 e. The number of piperidine rings is 1. The summed E-state index contributed by atoms with van der Waals surface area (Å²) in [6, 6.07) is 13.3. The number of nitrogens with zero attached hydrogens (tertiary/aromatic N) is 2. The van der Waals surface area contributed by atoms with Crippen molar-refractivity contribution < 1.29 is 4.42 Å². The summed E-state index contributed by atoms with van der Waals surface area (Å²) in [5.74, 6) is 0.850. The van der Waals surface area contributed by atoms with E-state index in [-0.39, 0.29) is 11.2 Å². The van der Waals surface area contributed by atoms with Gasteiger partial charge < -0.3 is 8.98 Å². The van der Waals surface area contributed by atoms with Crippen LogP contribution >= 0.6 is 0 Å². The van der Waals surface area contributed by atoms with Gasteiger partial charge in [0.05, 0.1) is 0 Å². The van der Waals surface area contributed by atoms with Crippen molar-refractivity contribution in [1.29, 1.82) is 0 Å². The molecule has 1 saturated heterocycles. The number of fused-ring (bicyclic) bond motifs is 5. The fourth-order valence-corrected chi connectivity index (χ4v) is 4.99. The maximum atomic E-state index is 12.2. The van der Waals surface area contributed by atoms with Crippen LogP contribution in [0, 0.1) is 5.92 Å². The topological polar surface area (TPSA) is 55.5 Å². The summed E-state index contributed by atoms with van der Waals surface area (Å²) in [5, 5.41) is 1.03. The second kappa shape index (κ2) is 6.74. The van der Waals surface area contributed by atoms with Crippen LogP contribution in [0.2, 0.25) is 0 Å².